The van der Waals surface area contributed by atoms with Gasteiger partial charge in [0.2, 0.25) is 0 Å². The third-order valence-corrected chi connectivity index (χ3v) is 36.4. The second-order valence-corrected chi connectivity index (χ2v) is 36.9. The Bertz CT molecular complexity index is 2490. The molecular weight excluding hydrogens is 886 g/mol. The van der Waals surface area contributed by atoms with Gasteiger partial charge < -0.3 is 0 Å². The molecule has 2 aliphatic carbocycles. The molecule has 56 heavy (non-hydrogen) atoms. The second-order valence-electron chi connectivity index (χ2n) is 18.2. The molecule has 2 aliphatic rings. The van der Waals surface area contributed by atoms with Crippen molar-refractivity contribution in [1.29, 1.82) is 0 Å². The number of benzene rings is 6. The molecular formula is C53H56Cl2Hf. The van der Waals surface area contributed by atoms with E-state index in [-0.39, 0.29) is 35.6 Å². The fourth-order valence-corrected chi connectivity index (χ4v) is 33.1. The summed E-state index contributed by atoms with van der Waals surface area (Å²) in [6.45, 7) is 18.7. The van der Waals surface area contributed by atoms with Gasteiger partial charge in [-0.1, -0.05) is 0 Å². The molecule has 0 spiro atoms. The average molecular weight is 942 g/mol. The first-order valence-corrected chi connectivity index (χ1v) is 29.4. The second kappa shape index (κ2) is 15.1. The normalized spacial score (nSPS) is 13.7. The average Bonchev–Trinajstić information content (AvgIpc) is 3.83. The van der Waals surface area contributed by atoms with Crippen molar-refractivity contribution in [1.82, 2.24) is 0 Å². The Morgan fingerprint density at radius 3 is 1.54 bits per heavy atom. The zero-order chi connectivity index (χ0) is 38.1. The van der Waals surface area contributed by atoms with E-state index in [4.69, 9.17) is 4.26 Å². The Morgan fingerprint density at radius 2 is 1.05 bits per heavy atom. The molecule has 0 aromatic heterocycles. The Hall–Kier alpha value is -3.88. The van der Waals surface area contributed by atoms with Gasteiger partial charge in [-0.15, -0.1) is 24.8 Å². The van der Waals surface area contributed by atoms with Gasteiger partial charge >= 0.3 is 327 Å². The van der Waals surface area contributed by atoms with Gasteiger partial charge in [0.1, 0.15) is 0 Å². The van der Waals surface area contributed by atoms with Crippen molar-refractivity contribution in [3.8, 4) is 33.4 Å². The van der Waals surface area contributed by atoms with Crippen LogP contribution in [0.1, 0.15) is 81.3 Å². The van der Waals surface area contributed by atoms with Gasteiger partial charge in [-0.3, -0.25) is 0 Å². The molecule has 0 nitrogen and oxygen atoms in total. The molecule has 0 N–H and O–H groups in total. The summed E-state index contributed by atoms with van der Waals surface area (Å²) >= 11 is -5.31. The molecule has 6 aromatic rings. The van der Waals surface area contributed by atoms with E-state index in [2.05, 4.69) is 201 Å². The van der Waals surface area contributed by atoms with Crippen molar-refractivity contribution in [2.45, 2.75) is 79.1 Å². The van der Waals surface area contributed by atoms with E-state index in [9.17, 15) is 0 Å². The van der Waals surface area contributed by atoms with Crippen LogP contribution in [0.4, 0.5) is 0 Å². The SMILES string of the molecule is Cl.Cl.[CH2]=[Hf]([C]1=CC=CC1)([c]1ccc(C)cc1)([c]1ccc(C)cc1)[c]1c2c(cc(C(C)(C)C)c1-c1ccccc1)-c1cc(C(C)(C)C)c(-c3ccccc3)cc1C2. The van der Waals surface area contributed by atoms with Crippen LogP contribution in [0, 0.1) is 13.8 Å². The van der Waals surface area contributed by atoms with Crippen molar-refractivity contribution in [3.05, 3.63) is 182 Å². The van der Waals surface area contributed by atoms with Gasteiger partial charge in [0.25, 0.3) is 0 Å². The van der Waals surface area contributed by atoms with E-state index in [0.717, 1.165) is 12.8 Å². The van der Waals surface area contributed by atoms with E-state index < -0.39 is 18.0 Å². The topological polar surface area (TPSA) is 0 Å². The van der Waals surface area contributed by atoms with Crippen LogP contribution in [0.2, 0.25) is 0 Å². The van der Waals surface area contributed by atoms with Crippen molar-refractivity contribution >= 4 is 39.0 Å². The number of halogens is 2. The van der Waals surface area contributed by atoms with E-state index in [1.807, 2.05) is 0 Å². The van der Waals surface area contributed by atoms with Crippen LogP contribution in [0.15, 0.2) is 149 Å². The van der Waals surface area contributed by atoms with Crippen LogP contribution < -0.4 is 9.96 Å². The van der Waals surface area contributed by atoms with Gasteiger partial charge in [0, 0.05) is 0 Å². The van der Waals surface area contributed by atoms with Crippen LogP contribution in [0.25, 0.3) is 33.4 Å². The zero-order valence-corrected chi connectivity index (χ0v) is 39.5. The Labute approximate surface area is 349 Å². The summed E-state index contributed by atoms with van der Waals surface area (Å²) in [4.78, 5) is 0. The summed E-state index contributed by atoms with van der Waals surface area (Å²) in [5.41, 5.74) is 16.2. The van der Waals surface area contributed by atoms with E-state index >= 15 is 0 Å². The van der Waals surface area contributed by atoms with Crippen LogP contribution in [-0.2, 0) is 35.3 Å². The predicted octanol–water partition coefficient (Wildman–Crippen LogP) is 12.9. The van der Waals surface area contributed by atoms with Gasteiger partial charge in [-0.05, 0) is 0 Å². The number of hydrogen-bond acceptors (Lipinski definition) is 0. The van der Waals surface area contributed by atoms with Crippen molar-refractivity contribution in [2.75, 3.05) is 0 Å². The number of rotatable bonds is 6. The third kappa shape index (κ3) is 6.62. The van der Waals surface area contributed by atoms with Crippen molar-refractivity contribution in [3.63, 3.8) is 0 Å². The number of allylic oxidation sites excluding steroid dienone is 4. The molecule has 0 unspecified atom stereocenters. The van der Waals surface area contributed by atoms with Crippen LogP contribution in [0.5, 0.6) is 0 Å². The van der Waals surface area contributed by atoms with Gasteiger partial charge in [-0.25, -0.2) is 0 Å². The Balaban J connectivity index is 0.00000266. The van der Waals surface area contributed by atoms with Gasteiger partial charge in [0.05, 0.1) is 0 Å². The fourth-order valence-electron chi connectivity index (χ4n) is 9.65. The molecule has 0 heterocycles. The summed E-state index contributed by atoms with van der Waals surface area (Å²) in [6.07, 6.45) is 8.93. The molecule has 3 heteroatoms. The Kier molecular flexibility index (Phi) is 11.3. The molecule has 8 rings (SSSR count). The molecule has 0 saturated heterocycles. The van der Waals surface area contributed by atoms with E-state index in [1.165, 1.54) is 80.1 Å². The molecule has 0 atom stereocenters. The minimum atomic E-state index is -5.31. The van der Waals surface area contributed by atoms with Gasteiger partial charge in [-0.2, -0.15) is 0 Å². The Morgan fingerprint density at radius 1 is 0.554 bits per heavy atom. The first-order valence-electron chi connectivity index (χ1n) is 19.7. The van der Waals surface area contributed by atoms with Crippen LogP contribution in [-0.4, -0.2) is 4.26 Å². The molecule has 0 saturated carbocycles. The van der Waals surface area contributed by atoms with Crippen LogP contribution >= 0.6 is 24.8 Å². The fraction of sp³-hybridized carbons (Fsp3) is 0.226. The number of aryl methyl sites for hydroxylation is 2. The zero-order valence-electron chi connectivity index (χ0n) is 34.3. The number of hydrogen-bond donors (Lipinski definition) is 0. The molecule has 6 aromatic carbocycles. The molecule has 0 aliphatic heterocycles. The first-order chi connectivity index (χ1) is 25.7. The molecule has 0 radical (unpaired) electrons. The maximum absolute atomic E-state index is 5.94. The maximum atomic E-state index is 5.94. The quantitative estimate of drug-likeness (QED) is 0.146. The predicted molar refractivity (Wildman–Crippen MR) is 248 cm³/mol. The minimum absolute atomic E-state index is 0. The summed E-state index contributed by atoms with van der Waals surface area (Å²) < 4.78 is 11.8. The number of fused-ring (bicyclic) bond motifs is 3. The van der Waals surface area contributed by atoms with Crippen molar-refractivity contribution in [2.24, 2.45) is 0 Å². The monoisotopic (exact) mass is 942 g/mol. The standard InChI is InChI=1S/C33H33.2C7H7.C5H5.CH2.2ClH.Hf/c1-32(2,3)30-20-26-24(18-28(30)22-13-9-7-10-14-22)17-25-19-29(23-15-11-8-12-16-23)31(21-27(25)26)33(4,5)6;2*1-7-5-3-2-4-6-7;1-2-4-5-3-1;;;;/h7-16,18,20-21H,17H2,1-6H3;2*3-6H,1H3;1-3H,4H2;1H2;2*1H;. The van der Waals surface area contributed by atoms with E-state index in [1.54, 1.807) is 0 Å². The summed E-state index contributed by atoms with van der Waals surface area (Å²) in [5, 5.41) is 0. The summed E-state index contributed by atoms with van der Waals surface area (Å²) in [7, 11) is 0. The summed E-state index contributed by atoms with van der Waals surface area (Å²) in [6, 6.07) is 49.1. The molecule has 286 valence electrons. The van der Waals surface area contributed by atoms with Crippen LogP contribution in [0.3, 0.4) is 0 Å². The van der Waals surface area contributed by atoms with Gasteiger partial charge in [0.15, 0.2) is 0 Å². The molecule has 0 bridgehead atoms. The first kappa shape index (κ1) is 41.7. The summed E-state index contributed by atoms with van der Waals surface area (Å²) in [5.74, 6) is 0. The van der Waals surface area contributed by atoms with Crippen molar-refractivity contribution < 1.29 is 18.0 Å². The third-order valence-electron chi connectivity index (χ3n) is 12.5. The van der Waals surface area contributed by atoms with E-state index in [0.29, 0.717) is 0 Å². The molecule has 0 amide bonds. The molecule has 0 fully saturated rings.